The molecule has 1 fully saturated rings. The molecule has 1 atom stereocenters. The average molecular weight is 179 g/mol. The minimum atomic E-state index is 0. The van der Waals surface area contributed by atoms with Crippen LogP contribution in [-0.2, 0) is 4.79 Å². The van der Waals surface area contributed by atoms with Gasteiger partial charge in [0.25, 0.3) is 0 Å². The molecule has 66 valence electrons. The van der Waals surface area contributed by atoms with E-state index in [1.165, 1.54) is 0 Å². The van der Waals surface area contributed by atoms with Crippen LogP contribution < -0.4 is 5.73 Å². The van der Waals surface area contributed by atoms with Crippen molar-refractivity contribution in [2.45, 2.75) is 25.8 Å². The summed E-state index contributed by atoms with van der Waals surface area (Å²) in [5.74, 6) is 0.262. The molecule has 3 nitrogen and oxygen atoms in total. The van der Waals surface area contributed by atoms with Crippen molar-refractivity contribution >= 4 is 18.3 Å². The molecule has 1 heterocycles. The van der Waals surface area contributed by atoms with E-state index in [0.717, 1.165) is 13.0 Å². The van der Waals surface area contributed by atoms with Crippen LogP contribution in [0.5, 0.6) is 0 Å². The molecule has 1 unspecified atom stereocenters. The number of carbonyl (C=O) groups is 1. The van der Waals surface area contributed by atoms with Crippen molar-refractivity contribution in [1.29, 1.82) is 0 Å². The number of nitrogens with two attached hydrogens (primary N) is 1. The first kappa shape index (κ1) is 10.7. The van der Waals surface area contributed by atoms with Gasteiger partial charge in [-0.05, 0) is 13.3 Å². The van der Waals surface area contributed by atoms with Crippen LogP contribution in [-0.4, -0.2) is 29.9 Å². The molecule has 0 aromatic rings. The largest absolute Gasteiger partial charge is 0.339 e. The Morgan fingerprint density at radius 3 is 2.73 bits per heavy atom. The molecule has 1 aliphatic heterocycles. The van der Waals surface area contributed by atoms with E-state index >= 15 is 0 Å². The summed E-state index contributed by atoms with van der Waals surface area (Å²) in [7, 11) is 0. The quantitative estimate of drug-likeness (QED) is 0.665. The molecule has 0 spiro atoms. The van der Waals surface area contributed by atoms with Crippen molar-refractivity contribution in [3.8, 4) is 0 Å². The lowest BCUT2D eigenvalue weighted by molar-refractivity contribution is -0.128. The van der Waals surface area contributed by atoms with Crippen molar-refractivity contribution in [3.05, 3.63) is 0 Å². The van der Waals surface area contributed by atoms with Crippen LogP contribution in [0.3, 0.4) is 0 Å². The summed E-state index contributed by atoms with van der Waals surface area (Å²) in [6, 6.07) is 0.317. The number of likely N-dealkylation sites (N-methyl/N-ethyl adjacent to an activating group) is 1. The first-order valence-corrected chi connectivity index (χ1v) is 3.79. The molecular formula is C7H15ClN2O. The number of likely N-dealkylation sites (tertiary alicyclic amines) is 1. The van der Waals surface area contributed by atoms with Gasteiger partial charge >= 0.3 is 0 Å². The molecule has 0 aromatic heterocycles. The first-order chi connectivity index (χ1) is 4.79. The minimum Gasteiger partial charge on any atom is -0.339 e. The SMILES string of the molecule is CCN1C(=O)CCC1CN.Cl. The first-order valence-electron chi connectivity index (χ1n) is 3.79. The Kier molecular flexibility index (Phi) is 4.45. The van der Waals surface area contributed by atoms with Gasteiger partial charge in [-0.15, -0.1) is 12.4 Å². The van der Waals surface area contributed by atoms with E-state index in [2.05, 4.69) is 0 Å². The van der Waals surface area contributed by atoms with Crippen LogP contribution in [0.4, 0.5) is 0 Å². The Labute approximate surface area is 73.3 Å². The van der Waals surface area contributed by atoms with Crippen LogP contribution >= 0.6 is 12.4 Å². The van der Waals surface area contributed by atoms with Gasteiger partial charge in [-0.1, -0.05) is 0 Å². The molecule has 0 bridgehead atoms. The van der Waals surface area contributed by atoms with Gasteiger partial charge in [0, 0.05) is 25.6 Å². The molecular weight excluding hydrogens is 164 g/mol. The second kappa shape index (κ2) is 4.57. The molecule has 0 radical (unpaired) electrons. The molecule has 4 heteroatoms. The Morgan fingerprint density at radius 2 is 2.36 bits per heavy atom. The second-order valence-corrected chi connectivity index (χ2v) is 2.61. The molecule has 0 aliphatic carbocycles. The third-order valence-corrected chi connectivity index (χ3v) is 2.07. The standard InChI is InChI=1S/C7H14N2O.ClH/c1-2-9-6(5-8)3-4-7(9)10;/h6H,2-5,8H2,1H3;1H. The fourth-order valence-electron chi connectivity index (χ4n) is 1.47. The van der Waals surface area contributed by atoms with E-state index in [0.29, 0.717) is 19.0 Å². The summed E-state index contributed by atoms with van der Waals surface area (Å²) in [5, 5.41) is 0. The van der Waals surface area contributed by atoms with Gasteiger partial charge in [0.05, 0.1) is 0 Å². The fraction of sp³-hybridized carbons (Fsp3) is 0.857. The van der Waals surface area contributed by atoms with Gasteiger partial charge in [-0.2, -0.15) is 0 Å². The number of hydrogen-bond donors (Lipinski definition) is 1. The molecule has 1 rings (SSSR count). The summed E-state index contributed by atoms with van der Waals surface area (Å²) >= 11 is 0. The lowest BCUT2D eigenvalue weighted by Crippen LogP contribution is -2.37. The van der Waals surface area contributed by atoms with Crippen LogP contribution in [0.15, 0.2) is 0 Å². The zero-order chi connectivity index (χ0) is 7.56. The van der Waals surface area contributed by atoms with Gasteiger partial charge in [0.2, 0.25) is 5.91 Å². The van der Waals surface area contributed by atoms with E-state index in [1.807, 2.05) is 11.8 Å². The monoisotopic (exact) mass is 178 g/mol. The Morgan fingerprint density at radius 1 is 1.73 bits per heavy atom. The average Bonchev–Trinajstić information content (AvgIpc) is 2.30. The minimum absolute atomic E-state index is 0. The molecule has 1 amide bonds. The van der Waals surface area contributed by atoms with Crippen molar-refractivity contribution in [2.24, 2.45) is 5.73 Å². The van der Waals surface area contributed by atoms with Crippen LogP contribution in [0.2, 0.25) is 0 Å². The van der Waals surface area contributed by atoms with Crippen molar-refractivity contribution in [1.82, 2.24) is 4.90 Å². The molecule has 11 heavy (non-hydrogen) atoms. The predicted molar refractivity (Wildman–Crippen MR) is 46.7 cm³/mol. The second-order valence-electron chi connectivity index (χ2n) is 2.61. The zero-order valence-electron chi connectivity index (χ0n) is 6.75. The maximum Gasteiger partial charge on any atom is 0.222 e. The number of rotatable bonds is 2. The van der Waals surface area contributed by atoms with Crippen LogP contribution in [0.1, 0.15) is 19.8 Å². The fourth-order valence-corrected chi connectivity index (χ4v) is 1.47. The molecule has 0 aromatic carbocycles. The van der Waals surface area contributed by atoms with E-state index < -0.39 is 0 Å². The van der Waals surface area contributed by atoms with Gasteiger partial charge < -0.3 is 10.6 Å². The lowest BCUT2D eigenvalue weighted by atomic mass is 10.2. The Hall–Kier alpha value is -0.280. The Balaban J connectivity index is 0.000001000. The van der Waals surface area contributed by atoms with Gasteiger partial charge in [0.15, 0.2) is 0 Å². The summed E-state index contributed by atoms with van der Waals surface area (Å²) in [6.07, 6.45) is 1.64. The van der Waals surface area contributed by atoms with Crippen molar-refractivity contribution in [3.63, 3.8) is 0 Å². The third kappa shape index (κ3) is 2.07. The predicted octanol–water partition coefficient (Wildman–Crippen LogP) is 0.378. The highest BCUT2D eigenvalue weighted by atomic mass is 35.5. The molecule has 0 saturated carbocycles. The molecule has 1 aliphatic rings. The van der Waals surface area contributed by atoms with E-state index in [9.17, 15) is 4.79 Å². The van der Waals surface area contributed by atoms with E-state index in [1.54, 1.807) is 0 Å². The van der Waals surface area contributed by atoms with Gasteiger partial charge in [-0.25, -0.2) is 0 Å². The zero-order valence-corrected chi connectivity index (χ0v) is 7.56. The van der Waals surface area contributed by atoms with Gasteiger partial charge in [-0.3, -0.25) is 4.79 Å². The van der Waals surface area contributed by atoms with Crippen molar-refractivity contribution in [2.75, 3.05) is 13.1 Å². The Bertz CT molecular complexity index is 140. The highest BCUT2D eigenvalue weighted by Gasteiger charge is 2.27. The maximum absolute atomic E-state index is 11.0. The normalized spacial score (nSPS) is 23.6. The van der Waals surface area contributed by atoms with Crippen LogP contribution in [0.25, 0.3) is 0 Å². The molecule has 1 saturated heterocycles. The van der Waals surface area contributed by atoms with Crippen LogP contribution in [0, 0.1) is 0 Å². The summed E-state index contributed by atoms with van der Waals surface area (Å²) in [5.41, 5.74) is 5.47. The number of nitrogens with zero attached hydrogens (tertiary/aromatic N) is 1. The maximum atomic E-state index is 11.0. The topological polar surface area (TPSA) is 46.3 Å². The highest BCUT2D eigenvalue weighted by molar-refractivity contribution is 5.85. The summed E-state index contributed by atoms with van der Waals surface area (Å²) in [4.78, 5) is 12.9. The summed E-state index contributed by atoms with van der Waals surface area (Å²) < 4.78 is 0. The smallest absolute Gasteiger partial charge is 0.222 e. The van der Waals surface area contributed by atoms with Crippen molar-refractivity contribution < 1.29 is 4.79 Å². The number of carbonyl (C=O) groups excluding carboxylic acids is 1. The lowest BCUT2D eigenvalue weighted by Gasteiger charge is -2.21. The number of amides is 1. The van der Waals surface area contributed by atoms with E-state index in [-0.39, 0.29) is 18.3 Å². The van der Waals surface area contributed by atoms with Gasteiger partial charge in [0.1, 0.15) is 0 Å². The number of hydrogen-bond acceptors (Lipinski definition) is 2. The molecule has 2 N–H and O–H groups in total. The highest BCUT2D eigenvalue weighted by Crippen LogP contribution is 2.16. The van der Waals surface area contributed by atoms with E-state index in [4.69, 9.17) is 5.73 Å². The summed E-state index contributed by atoms with van der Waals surface area (Å²) in [6.45, 7) is 3.41. The third-order valence-electron chi connectivity index (χ3n) is 2.07. The number of halogens is 1.